The van der Waals surface area contributed by atoms with Crippen molar-refractivity contribution in [3.8, 4) is 11.3 Å². The molecular formula is C37H57N7O6SSi. The van der Waals surface area contributed by atoms with E-state index >= 15 is 0 Å². The van der Waals surface area contributed by atoms with Crippen molar-refractivity contribution >= 4 is 46.7 Å². The molecule has 3 saturated heterocycles. The Labute approximate surface area is 310 Å². The lowest BCUT2D eigenvalue weighted by molar-refractivity contribution is 0.0131. The summed E-state index contributed by atoms with van der Waals surface area (Å²) in [4.78, 5) is 28.3. The molecule has 0 bridgehead atoms. The molecule has 0 saturated carbocycles. The number of benzene rings is 1. The maximum Gasteiger partial charge on any atom is 0.410 e. The molecule has 6 rings (SSSR count). The van der Waals surface area contributed by atoms with E-state index in [1.165, 1.54) is 0 Å². The van der Waals surface area contributed by atoms with Gasteiger partial charge in [0.2, 0.25) is 10.0 Å². The topological polar surface area (TPSA) is 131 Å². The molecule has 5 heterocycles. The third-order valence-electron chi connectivity index (χ3n) is 10.2. The average molecular weight is 756 g/mol. The molecule has 0 atom stereocenters. The van der Waals surface area contributed by atoms with Gasteiger partial charge in [-0.15, -0.1) is 0 Å². The molecule has 1 aromatic carbocycles. The summed E-state index contributed by atoms with van der Waals surface area (Å²) >= 11 is 0. The Hall–Kier alpha value is -3.24. The highest BCUT2D eigenvalue weighted by atomic mass is 32.2. The predicted molar refractivity (Wildman–Crippen MR) is 208 cm³/mol. The highest BCUT2D eigenvalue weighted by Crippen LogP contribution is 2.34. The number of rotatable bonds is 11. The van der Waals surface area contributed by atoms with Crippen LogP contribution < -0.4 is 9.62 Å². The summed E-state index contributed by atoms with van der Waals surface area (Å²) in [6.45, 7) is 19.3. The number of ether oxygens (including phenoxy) is 3. The zero-order valence-corrected chi connectivity index (χ0v) is 33.6. The van der Waals surface area contributed by atoms with Crippen molar-refractivity contribution in [1.29, 1.82) is 0 Å². The molecule has 3 aliphatic heterocycles. The van der Waals surface area contributed by atoms with Crippen molar-refractivity contribution in [3.63, 3.8) is 0 Å². The number of amides is 1. The largest absolute Gasteiger partial charge is 0.444 e. The number of sulfonamides is 1. The number of carbonyl (C=O) groups is 1. The molecule has 0 radical (unpaired) electrons. The molecule has 3 fully saturated rings. The minimum Gasteiger partial charge on any atom is -0.444 e. The number of piperidine rings is 2. The summed E-state index contributed by atoms with van der Waals surface area (Å²) in [7, 11) is -4.84. The van der Waals surface area contributed by atoms with E-state index in [1.54, 1.807) is 11.2 Å². The van der Waals surface area contributed by atoms with Crippen LogP contribution >= 0.6 is 0 Å². The van der Waals surface area contributed by atoms with E-state index in [-0.39, 0.29) is 6.09 Å². The van der Waals surface area contributed by atoms with Gasteiger partial charge in [-0.2, -0.15) is 0 Å². The van der Waals surface area contributed by atoms with Crippen LogP contribution in [0.25, 0.3) is 22.3 Å². The molecule has 0 unspecified atom stereocenters. The number of fused-ring (bicyclic) bond motifs is 1. The van der Waals surface area contributed by atoms with E-state index in [0.717, 1.165) is 73.2 Å². The fraction of sp³-hybridized carbons (Fsp3) is 0.649. The van der Waals surface area contributed by atoms with E-state index in [0.29, 0.717) is 64.2 Å². The van der Waals surface area contributed by atoms with E-state index in [4.69, 9.17) is 19.2 Å². The monoisotopic (exact) mass is 755 g/mol. The van der Waals surface area contributed by atoms with Crippen molar-refractivity contribution in [3.05, 3.63) is 36.7 Å². The number of likely N-dealkylation sites (tertiary alicyclic amines) is 2. The fourth-order valence-electron chi connectivity index (χ4n) is 7.23. The van der Waals surface area contributed by atoms with Gasteiger partial charge in [0.25, 0.3) is 0 Å². The highest BCUT2D eigenvalue weighted by molar-refractivity contribution is 7.93. The van der Waals surface area contributed by atoms with Gasteiger partial charge in [0.05, 0.1) is 29.5 Å². The summed E-state index contributed by atoms with van der Waals surface area (Å²) in [5.74, 6) is 0.886. The molecule has 13 nitrogen and oxygen atoms in total. The fourth-order valence-corrected chi connectivity index (χ4v) is 9.45. The molecule has 0 aliphatic carbocycles. The van der Waals surface area contributed by atoms with E-state index in [9.17, 15) is 13.2 Å². The van der Waals surface area contributed by atoms with Gasteiger partial charge in [0.15, 0.2) is 0 Å². The van der Waals surface area contributed by atoms with Gasteiger partial charge in [-0.05, 0) is 89.4 Å². The third kappa shape index (κ3) is 9.64. The summed E-state index contributed by atoms with van der Waals surface area (Å²) in [5, 5.41) is 0.496. The van der Waals surface area contributed by atoms with Crippen LogP contribution in [-0.2, 0) is 31.0 Å². The standard InChI is InChI=1S/C37H57N7O6SSi/c1-37(2,3)50-36(45)43-15-11-30(12-16-43)41-17-13-31(14-18-41)51(46,47)40-29-9-7-28(8-10-29)33-25-32-34(42-19-21-48-22-20-42)38-26-39-35(32)44(33)27-49-23-24-52(4,5)6/h7-10,25-26,30-31,40H,11-24,27H2,1-6H3. The van der Waals surface area contributed by atoms with Gasteiger partial charge < -0.3 is 33.5 Å². The molecule has 286 valence electrons. The molecule has 3 aliphatic rings. The van der Waals surface area contributed by atoms with Gasteiger partial charge in [-0.25, -0.2) is 23.2 Å². The van der Waals surface area contributed by atoms with Crippen LogP contribution in [0.3, 0.4) is 0 Å². The van der Waals surface area contributed by atoms with E-state index < -0.39 is 28.9 Å². The number of nitrogens with zero attached hydrogens (tertiary/aromatic N) is 6. The molecule has 0 spiro atoms. The SMILES string of the molecule is CC(C)(C)OC(=O)N1CCC(N2CCC(S(=O)(=O)Nc3ccc(-c4cc5c(N6CCOCC6)ncnc5n4COCC[Si](C)(C)C)cc3)CC2)CC1. The lowest BCUT2D eigenvalue weighted by Crippen LogP contribution is -2.51. The van der Waals surface area contributed by atoms with Crippen LogP contribution in [0, 0.1) is 0 Å². The van der Waals surface area contributed by atoms with Crippen molar-refractivity contribution in [2.75, 3.05) is 68.7 Å². The molecule has 52 heavy (non-hydrogen) atoms. The first kappa shape index (κ1) is 38.5. The maximum atomic E-state index is 13.6. The molecule has 1 N–H and O–H groups in total. The Balaban J connectivity index is 1.10. The number of hydrogen-bond donors (Lipinski definition) is 1. The summed E-state index contributed by atoms with van der Waals surface area (Å²) < 4.78 is 49.5. The molecule has 2 aromatic heterocycles. The first-order valence-corrected chi connectivity index (χ1v) is 24.0. The minimum atomic E-state index is -3.58. The normalized spacial score (nSPS) is 19.0. The van der Waals surface area contributed by atoms with Crippen LogP contribution in [0.4, 0.5) is 16.3 Å². The van der Waals surface area contributed by atoms with Crippen LogP contribution in [0.1, 0.15) is 46.5 Å². The van der Waals surface area contributed by atoms with Crippen molar-refractivity contribution < 1.29 is 27.4 Å². The van der Waals surface area contributed by atoms with Crippen molar-refractivity contribution in [1.82, 2.24) is 24.3 Å². The summed E-state index contributed by atoms with van der Waals surface area (Å²) in [6.07, 6.45) is 4.24. The van der Waals surface area contributed by atoms with Gasteiger partial charge in [0, 0.05) is 52.6 Å². The molecule has 3 aromatic rings. The predicted octanol–water partition coefficient (Wildman–Crippen LogP) is 5.85. The Morgan fingerprint density at radius 2 is 1.63 bits per heavy atom. The minimum absolute atomic E-state index is 0.258. The Morgan fingerprint density at radius 3 is 2.27 bits per heavy atom. The third-order valence-corrected chi connectivity index (χ3v) is 13.8. The Bertz CT molecular complexity index is 1770. The number of nitrogens with one attached hydrogen (secondary N) is 1. The van der Waals surface area contributed by atoms with Crippen LogP contribution in [0.15, 0.2) is 36.7 Å². The van der Waals surface area contributed by atoms with E-state index in [1.807, 2.05) is 45.0 Å². The van der Waals surface area contributed by atoms with Gasteiger partial charge >= 0.3 is 6.09 Å². The zero-order chi connectivity index (χ0) is 37.1. The van der Waals surface area contributed by atoms with E-state index in [2.05, 4.69) is 49.8 Å². The number of anilines is 2. The average Bonchev–Trinajstić information content (AvgIpc) is 3.48. The highest BCUT2D eigenvalue weighted by Gasteiger charge is 2.35. The summed E-state index contributed by atoms with van der Waals surface area (Å²) in [5.41, 5.74) is 2.72. The molecule has 15 heteroatoms. The summed E-state index contributed by atoms with van der Waals surface area (Å²) in [6, 6.07) is 11.1. The van der Waals surface area contributed by atoms with Crippen LogP contribution in [0.5, 0.6) is 0 Å². The number of hydrogen-bond acceptors (Lipinski definition) is 10. The smallest absolute Gasteiger partial charge is 0.410 e. The van der Waals surface area contributed by atoms with Crippen LogP contribution in [0.2, 0.25) is 25.7 Å². The number of morpholine rings is 1. The Morgan fingerprint density at radius 1 is 0.962 bits per heavy atom. The first-order chi connectivity index (χ1) is 24.7. The van der Waals surface area contributed by atoms with Gasteiger partial charge in [0.1, 0.15) is 30.1 Å². The second-order valence-corrected chi connectivity index (χ2v) is 24.1. The maximum absolute atomic E-state index is 13.6. The first-order valence-electron chi connectivity index (χ1n) is 18.8. The second-order valence-electron chi connectivity index (χ2n) is 16.5. The van der Waals surface area contributed by atoms with Gasteiger partial charge in [-0.3, -0.25) is 4.72 Å². The van der Waals surface area contributed by atoms with Crippen LogP contribution in [-0.4, -0.2) is 123 Å². The quantitative estimate of drug-likeness (QED) is 0.188. The zero-order valence-electron chi connectivity index (χ0n) is 31.8. The van der Waals surface area contributed by atoms with Crippen molar-refractivity contribution in [2.24, 2.45) is 0 Å². The number of carbonyl (C=O) groups excluding carboxylic acids is 1. The van der Waals surface area contributed by atoms with Crippen molar-refractivity contribution in [2.45, 2.75) is 95.8 Å². The number of aromatic nitrogens is 3. The van der Waals surface area contributed by atoms with Gasteiger partial charge in [-0.1, -0.05) is 31.8 Å². The lowest BCUT2D eigenvalue weighted by Gasteiger charge is -2.41. The Kier molecular flexibility index (Phi) is 11.8. The molecular weight excluding hydrogens is 699 g/mol. The lowest BCUT2D eigenvalue weighted by atomic mass is 10.00. The second kappa shape index (κ2) is 16.0. The molecule has 1 amide bonds.